The van der Waals surface area contributed by atoms with Crippen molar-refractivity contribution in [3.63, 3.8) is 0 Å². The van der Waals surface area contributed by atoms with Crippen LogP contribution in [0.1, 0.15) is 22.4 Å². The highest BCUT2D eigenvalue weighted by molar-refractivity contribution is 5.70. The average Bonchev–Trinajstić information content (AvgIpc) is 2.81. The van der Waals surface area contributed by atoms with Gasteiger partial charge in [-0.15, -0.1) is 0 Å². The second-order valence-corrected chi connectivity index (χ2v) is 7.84. The van der Waals surface area contributed by atoms with Gasteiger partial charge in [-0.2, -0.15) is 13.2 Å². The minimum atomic E-state index is -4.34. The first-order valence-corrected chi connectivity index (χ1v) is 10.6. The molecule has 2 heterocycles. The van der Waals surface area contributed by atoms with E-state index in [-0.39, 0.29) is 0 Å². The number of rotatable bonds is 5. The van der Waals surface area contributed by atoms with Crippen LogP contribution in [0.15, 0.2) is 67.1 Å². The Morgan fingerprint density at radius 3 is 2.12 bits per heavy atom. The van der Waals surface area contributed by atoms with Gasteiger partial charge in [-0.05, 0) is 41.8 Å². The lowest BCUT2D eigenvalue weighted by Gasteiger charge is -2.33. The fourth-order valence-electron chi connectivity index (χ4n) is 3.62. The molecule has 0 bridgehead atoms. The maximum Gasteiger partial charge on any atom is 0.416 e. The topological polar surface area (TPSA) is 58.6 Å². The predicted octanol–water partition coefficient (Wildman–Crippen LogP) is 4.40. The number of hydrogen-bond acceptors (Lipinski definition) is 5. The Bertz CT molecular complexity index is 1050. The van der Waals surface area contributed by atoms with Crippen LogP contribution in [0, 0.1) is 0 Å². The second-order valence-electron chi connectivity index (χ2n) is 7.84. The number of hydrogen-bond donors (Lipinski definition) is 0. The molecule has 172 valence electrons. The molecule has 0 N–H and O–H groups in total. The SMILES string of the molecule is O=C(Oc1ccc(Cc2ccc(C(F)(F)F)cc2)cc1)N1CCN(Cc2cnccn2)CC1. The summed E-state index contributed by atoms with van der Waals surface area (Å²) in [5, 5.41) is 0. The zero-order valence-electron chi connectivity index (χ0n) is 17.8. The van der Waals surface area contributed by atoms with Crippen LogP contribution in [0.25, 0.3) is 0 Å². The van der Waals surface area contributed by atoms with Gasteiger partial charge in [-0.1, -0.05) is 24.3 Å². The van der Waals surface area contributed by atoms with E-state index in [1.807, 2.05) is 0 Å². The molecule has 1 aromatic heterocycles. The van der Waals surface area contributed by atoms with Gasteiger partial charge in [0.15, 0.2) is 0 Å². The molecule has 1 fully saturated rings. The van der Waals surface area contributed by atoms with Gasteiger partial charge in [0.05, 0.1) is 11.3 Å². The van der Waals surface area contributed by atoms with Crippen molar-refractivity contribution in [1.29, 1.82) is 0 Å². The summed E-state index contributed by atoms with van der Waals surface area (Å²) in [6.07, 6.45) is 0.788. The van der Waals surface area contributed by atoms with Crippen LogP contribution in [-0.4, -0.2) is 52.0 Å². The van der Waals surface area contributed by atoms with E-state index >= 15 is 0 Å². The van der Waals surface area contributed by atoms with E-state index in [0.717, 1.165) is 42.0 Å². The van der Waals surface area contributed by atoms with Crippen molar-refractivity contribution >= 4 is 6.09 Å². The molecule has 9 heteroatoms. The maximum absolute atomic E-state index is 12.7. The van der Waals surface area contributed by atoms with Gasteiger partial charge in [-0.3, -0.25) is 14.9 Å². The second kappa shape index (κ2) is 9.99. The van der Waals surface area contributed by atoms with Crippen molar-refractivity contribution in [2.45, 2.75) is 19.1 Å². The molecule has 0 radical (unpaired) electrons. The van der Waals surface area contributed by atoms with Crippen LogP contribution in [0.3, 0.4) is 0 Å². The minimum absolute atomic E-state index is 0.398. The highest BCUT2D eigenvalue weighted by atomic mass is 19.4. The number of nitrogens with zero attached hydrogens (tertiary/aromatic N) is 4. The number of amides is 1. The summed E-state index contributed by atoms with van der Waals surface area (Å²) in [6, 6.07) is 12.1. The number of carbonyl (C=O) groups excluding carboxylic acids is 1. The van der Waals surface area contributed by atoms with Crippen LogP contribution in [-0.2, 0) is 19.1 Å². The first-order chi connectivity index (χ1) is 15.9. The summed E-state index contributed by atoms with van der Waals surface area (Å²) in [5.74, 6) is 0.429. The molecule has 0 saturated carbocycles. The van der Waals surface area contributed by atoms with Crippen LogP contribution >= 0.6 is 0 Å². The van der Waals surface area contributed by atoms with E-state index in [9.17, 15) is 18.0 Å². The lowest BCUT2D eigenvalue weighted by Crippen LogP contribution is -2.49. The van der Waals surface area contributed by atoms with Crippen molar-refractivity contribution < 1.29 is 22.7 Å². The fourth-order valence-corrected chi connectivity index (χ4v) is 3.62. The summed E-state index contributed by atoms with van der Waals surface area (Å²) in [5.41, 5.74) is 1.91. The van der Waals surface area contributed by atoms with E-state index in [2.05, 4.69) is 14.9 Å². The first-order valence-electron chi connectivity index (χ1n) is 10.6. The summed E-state index contributed by atoms with van der Waals surface area (Å²) < 4.78 is 43.5. The lowest BCUT2D eigenvalue weighted by atomic mass is 10.0. The molecule has 0 unspecified atom stereocenters. The van der Waals surface area contributed by atoms with Crippen molar-refractivity contribution in [2.24, 2.45) is 0 Å². The molecule has 1 amide bonds. The van der Waals surface area contributed by atoms with Gasteiger partial charge < -0.3 is 9.64 Å². The van der Waals surface area contributed by atoms with Gasteiger partial charge in [-0.25, -0.2) is 4.79 Å². The highest BCUT2D eigenvalue weighted by Crippen LogP contribution is 2.29. The zero-order valence-corrected chi connectivity index (χ0v) is 17.8. The number of ether oxygens (including phenoxy) is 1. The fraction of sp³-hybridized carbons (Fsp3) is 0.292. The third-order valence-corrected chi connectivity index (χ3v) is 5.45. The van der Waals surface area contributed by atoms with Crippen molar-refractivity contribution in [3.8, 4) is 5.75 Å². The quantitative estimate of drug-likeness (QED) is 0.570. The van der Waals surface area contributed by atoms with Crippen molar-refractivity contribution in [3.05, 3.63) is 89.5 Å². The van der Waals surface area contributed by atoms with E-state index < -0.39 is 17.8 Å². The summed E-state index contributed by atoms with van der Waals surface area (Å²) in [7, 11) is 0. The molecule has 1 aliphatic heterocycles. The van der Waals surface area contributed by atoms with Crippen LogP contribution in [0.5, 0.6) is 5.75 Å². The van der Waals surface area contributed by atoms with Crippen molar-refractivity contribution in [2.75, 3.05) is 26.2 Å². The monoisotopic (exact) mass is 456 g/mol. The highest BCUT2D eigenvalue weighted by Gasteiger charge is 2.30. The first kappa shape index (κ1) is 22.7. The molecule has 1 saturated heterocycles. The van der Waals surface area contributed by atoms with E-state index in [1.165, 1.54) is 12.1 Å². The maximum atomic E-state index is 12.7. The summed E-state index contributed by atoms with van der Waals surface area (Å²) in [6.45, 7) is 3.25. The van der Waals surface area contributed by atoms with Crippen LogP contribution < -0.4 is 4.74 Å². The number of carbonyl (C=O) groups is 1. The normalized spacial score (nSPS) is 14.8. The smallest absolute Gasteiger partial charge is 0.410 e. The molecule has 0 atom stereocenters. The summed E-state index contributed by atoms with van der Waals surface area (Å²) in [4.78, 5) is 24.7. The molecule has 1 aliphatic rings. The van der Waals surface area contributed by atoms with E-state index in [1.54, 1.807) is 47.8 Å². The molecule has 4 rings (SSSR count). The molecule has 6 nitrogen and oxygen atoms in total. The van der Waals surface area contributed by atoms with Crippen LogP contribution in [0.2, 0.25) is 0 Å². The number of halogens is 3. The van der Waals surface area contributed by atoms with Gasteiger partial charge in [0, 0.05) is 51.3 Å². The van der Waals surface area contributed by atoms with E-state index in [4.69, 9.17) is 4.74 Å². The molecular weight excluding hydrogens is 433 g/mol. The molecule has 0 spiro atoms. The largest absolute Gasteiger partial charge is 0.416 e. The predicted molar refractivity (Wildman–Crippen MR) is 116 cm³/mol. The Morgan fingerprint density at radius 1 is 0.909 bits per heavy atom. The molecule has 33 heavy (non-hydrogen) atoms. The number of piperazine rings is 1. The molecule has 2 aromatic carbocycles. The number of alkyl halides is 3. The number of benzene rings is 2. The standard InChI is InChI=1S/C24H23F3N4O2/c25-24(26,27)20-5-1-18(2-6-20)15-19-3-7-22(8-4-19)33-23(32)31-13-11-30(12-14-31)17-21-16-28-9-10-29-21/h1-10,16H,11-15,17H2. The van der Waals surface area contributed by atoms with Crippen LogP contribution in [0.4, 0.5) is 18.0 Å². The Hall–Kier alpha value is -3.46. The Balaban J connectivity index is 1.25. The van der Waals surface area contributed by atoms with E-state index in [0.29, 0.717) is 31.8 Å². The Labute approximate surface area is 189 Å². The Kier molecular flexibility index (Phi) is 6.88. The minimum Gasteiger partial charge on any atom is -0.410 e. The van der Waals surface area contributed by atoms with Gasteiger partial charge in [0.2, 0.25) is 0 Å². The van der Waals surface area contributed by atoms with Crippen molar-refractivity contribution in [1.82, 2.24) is 19.8 Å². The van der Waals surface area contributed by atoms with Gasteiger partial charge >= 0.3 is 12.3 Å². The molecule has 3 aromatic rings. The average molecular weight is 456 g/mol. The molecular formula is C24H23F3N4O2. The van der Waals surface area contributed by atoms with Gasteiger partial charge in [0.1, 0.15) is 5.75 Å². The Morgan fingerprint density at radius 2 is 1.55 bits per heavy atom. The molecule has 0 aliphatic carbocycles. The zero-order chi connectivity index (χ0) is 23.3. The number of aromatic nitrogens is 2. The van der Waals surface area contributed by atoms with Gasteiger partial charge in [0.25, 0.3) is 0 Å². The summed E-state index contributed by atoms with van der Waals surface area (Å²) >= 11 is 0. The third kappa shape index (κ3) is 6.29. The third-order valence-electron chi connectivity index (χ3n) is 5.45. The lowest BCUT2D eigenvalue weighted by molar-refractivity contribution is -0.137.